The molecule has 0 amide bonds. The summed E-state index contributed by atoms with van der Waals surface area (Å²) in [6, 6.07) is 2.40. The number of nitrogens with zero attached hydrogens (tertiary/aromatic N) is 1. The predicted molar refractivity (Wildman–Crippen MR) is 53.6 cm³/mol. The first-order valence-electron chi connectivity index (χ1n) is 5.01. The van der Waals surface area contributed by atoms with Gasteiger partial charge in [-0.05, 0) is 12.8 Å². The molecule has 0 N–H and O–H groups in total. The van der Waals surface area contributed by atoms with Gasteiger partial charge in [0.25, 0.3) is 0 Å². The van der Waals surface area contributed by atoms with E-state index >= 15 is 0 Å². The standard InChI is InChI=1S/C10H15NOS/c11-6-10(7-12-8-10)13-9-4-2-1-3-5-9/h9H,1-5,7-8H2. The highest BCUT2D eigenvalue weighted by molar-refractivity contribution is 8.01. The van der Waals surface area contributed by atoms with E-state index in [4.69, 9.17) is 10.00 Å². The van der Waals surface area contributed by atoms with Crippen LogP contribution in [0.25, 0.3) is 0 Å². The summed E-state index contributed by atoms with van der Waals surface area (Å²) in [6.07, 6.45) is 6.68. The zero-order valence-corrected chi connectivity index (χ0v) is 8.61. The number of ether oxygens (including phenoxy) is 1. The van der Waals surface area contributed by atoms with Gasteiger partial charge < -0.3 is 4.74 Å². The molecule has 1 saturated carbocycles. The van der Waals surface area contributed by atoms with E-state index in [1.54, 1.807) is 0 Å². The van der Waals surface area contributed by atoms with E-state index < -0.39 is 0 Å². The second kappa shape index (κ2) is 3.89. The second-order valence-corrected chi connectivity index (χ2v) is 5.66. The molecule has 2 fully saturated rings. The molecule has 0 aromatic carbocycles. The molecule has 1 aliphatic heterocycles. The van der Waals surface area contributed by atoms with Crippen molar-refractivity contribution in [2.75, 3.05) is 13.2 Å². The van der Waals surface area contributed by atoms with Crippen LogP contribution in [0.1, 0.15) is 32.1 Å². The quantitative estimate of drug-likeness (QED) is 0.681. The Morgan fingerprint density at radius 3 is 2.38 bits per heavy atom. The van der Waals surface area contributed by atoms with Crippen LogP contribution in [0.3, 0.4) is 0 Å². The smallest absolute Gasteiger partial charge is 0.149 e. The van der Waals surface area contributed by atoms with Crippen molar-refractivity contribution in [3.63, 3.8) is 0 Å². The van der Waals surface area contributed by atoms with Crippen molar-refractivity contribution < 1.29 is 4.74 Å². The molecule has 1 saturated heterocycles. The zero-order valence-electron chi connectivity index (χ0n) is 7.79. The summed E-state index contributed by atoms with van der Waals surface area (Å²) in [7, 11) is 0. The van der Waals surface area contributed by atoms with Crippen molar-refractivity contribution in [1.29, 1.82) is 5.26 Å². The van der Waals surface area contributed by atoms with Crippen LogP contribution in [0.2, 0.25) is 0 Å². The lowest BCUT2D eigenvalue weighted by atomic mass is 10.0. The lowest BCUT2D eigenvalue weighted by Crippen LogP contribution is -2.46. The summed E-state index contributed by atoms with van der Waals surface area (Å²) in [4.78, 5) is 0. The van der Waals surface area contributed by atoms with E-state index in [9.17, 15) is 0 Å². The van der Waals surface area contributed by atoms with Crippen LogP contribution in [0, 0.1) is 11.3 Å². The Bertz CT molecular complexity index is 213. The van der Waals surface area contributed by atoms with Gasteiger partial charge in [0.05, 0.1) is 19.3 Å². The minimum absolute atomic E-state index is 0.179. The highest BCUT2D eigenvalue weighted by atomic mass is 32.2. The average molecular weight is 197 g/mol. The van der Waals surface area contributed by atoms with Gasteiger partial charge in [-0.25, -0.2) is 0 Å². The van der Waals surface area contributed by atoms with Gasteiger partial charge in [0.1, 0.15) is 4.75 Å². The van der Waals surface area contributed by atoms with Crippen LogP contribution in [0.5, 0.6) is 0 Å². The maximum absolute atomic E-state index is 9.02. The summed E-state index contributed by atoms with van der Waals surface area (Å²) in [5, 5.41) is 9.74. The Kier molecular flexibility index (Phi) is 2.80. The Morgan fingerprint density at radius 2 is 1.92 bits per heavy atom. The molecular formula is C10H15NOS. The number of hydrogen-bond donors (Lipinski definition) is 0. The molecular weight excluding hydrogens is 182 g/mol. The van der Waals surface area contributed by atoms with Crippen molar-refractivity contribution in [2.45, 2.75) is 42.1 Å². The molecule has 2 rings (SSSR count). The summed E-state index contributed by atoms with van der Waals surface area (Å²) in [5.41, 5.74) is 0. The van der Waals surface area contributed by atoms with Crippen LogP contribution in [0.4, 0.5) is 0 Å². The second-order valence-electron chi connectivity index (χ2n) is 3.98. The summed E-state index contributed by atoms with van der Waals surface area (Å²) in [6.45, 7) is 1.29. The first-order chi connectivity index (χ1) is 6.35. The van der Waals surface area contributed by atoms with Crippen molar-refractivity contribution in [3.8, 4) is 6.07 Å². The summed E-state index contributed by atoms with van der Waals surface area (Å²) >= 11 is 1.87. The van der Waals surface area contributed by atoms with Crippen LogP contribution in [0.15, 0.2) is 0 Å². The molecule has 3 heteroatoms. The van der Waals surface area contributed by atoms with Gasteiger partial charge in [-0.2, -0.15) is 5.26 Å². The van der Waals surface area contributed by atoms with E-state index in [-0.39, 0.29) is 4.75 Å². The summed E-state index contributed by atoms with van der Waals surface area (Å²) in [5.74, 6) is 0. The van der Waals surface area contributed by atoms with Crippen molar-refractivity contribution in [3.05, 3.63) is 0 Å². The fourth-order valence-corrected chi connectivity index (χ4v) is 3.51. The van der Waals surface area contributed by atoms with E-state index in [1.165, 1.54) is 32.1 Å². The van der Waals surface area contributed by atoms with Crippen LogP contribution in [-0.2, 0) is 4.74 Å². The molecule has 2 aliphatic rings. The monoisotopic (exact) mass is 197 g/mol. The van der Waals surface area contributed by atoms with Gasteiger partial charge in [0.15, 0.2) is 0 Å². The molecule has 0 atom stereocenters. The SMILES string of the molecule is N#CC1(SC2CCCCC2)COC1. The normalized spacial score (nSPS) is 27.6. The number of nitriles is 1. The molecule has 72 valence electrons. The molecule has 0 aromatic heterocycles. The Hall–Kier alpha value is -0.200. The first kappa shape index (κ1) is 9.36. The first-order valence-corrected chi connectivity index (χ1v) is 5.89. The maximum atomic E-state index is 9.02. The molecule has 1 heterocycles. The molecule has 0 radical (unpaired) electrons. The number of thioether (sulfide) groups is 1. The Labute approximate surface area is 83.6 Å². The van der Waals surface area contributed by atoms with E-state index in [1.807, 2.05) is 11.8 Å². The van der Waals surface area contributed by atoms with E-state index in [0.717, 1.165) is 5.25 Å². The van der Waals surface area contributed by atoms with Crippen molar-refractivity contribution in [2.24, 2.45) is 0 Å². The minimum Gasteiger partial charge on any atom is -0.376 e. The van der Waals surface area contributed by atoms with Crippen molar-refractivity contribution in [1.82, 2.24) is 0 Å². The third kappa shape index (κ3) is 2.00. The fraction of sp³-hybridized carbons (Fsp3) is 0.900. The van der Waals surface area contributed by atoms with Gasteiger partial charge in [-0.1, -0.05) is 19.3 Å². The molecule has 0 unspecified atom stereocenters. The van der Waals surface area contributed by atoms with Crippen LogP contribution >= 0.6 is 11.8 Å². The average Bonchev–Trinajstić information content (AvgIpc) is 2.13. The minimum atomic E-state index is -0.179. The molecule has 0 spiro atoms. The number of rotatable bonds is 2. The van der Waals surface area contributed by atoms with Gasteiger partial charge in [-0.15, -0.1) is 11.8 Å². The molecule has 2 nitrogen and oxygen atoms in total. The van der Waals surface area contributed by atoms with E-state index in [2.05, 4.69) is 6.07 Å². The predicted octanol–water partition coefficient (Wildman–Crippen LogP) is 2.34. The lowest BCUT2D eigenvalue weighted by molar-refractivity contribution is 0.0157. The topological polar surface area (TPSA) is 33.0 Å². The highest BCUT2D eigenvalue weighted by Crippen LogP contribution is 2.40. The molecule has 1 aliphatic carbocycles. The fourth-order valence-electron chi connectivity index (χ4n) is 1.95. The van der Waals surface area contributed by atoms with Gasteiger partial charge in [-0.3, -0.25) is 0 Å². The van der Waals surface area contributed by atoms with E-state index in [0.29, 0.717) is 13.2 Å². The lowest BCUT2D eigenvalue weighted by Gasteiger charge is -2.38. The van der Waals surface area contributed by atoms with Crippen LogP contribution in [-0.4, -0.2) is 23.2 Å². The zero-order chi connectivity index (χ0) is 9.15. The molecule has 13 heavy (non-hydrogen) atoms. The summed E-state index contributed by atoms with van der Waals surface area (Å²) < 4.78 is 4.95. The maximum Gasteiger partial charge on any atom is 0.149 e. The highest BCUT2D eigenvalue weighted by Gasteiger charge is 2.41. The van der Waals surface area contributed by atoms with Gasteiger partial charge >= 0.3 is 0 Å². The Morgan fingerprint density at radius 1 is 1.23 bits per heavy atom. The van der Waals surface area contributed by atoms with Crippen molar-refractivity contribution >= 4 is 11.8 Å². The molecule has 0 aromatic rings. The van der Waals surface area contributed by atoms with Gasteiger partial charge in [0, 0.05) is 5.25 Å². The van der Waals surface area contributed by atoms with Gasteiger partial charge in [0.2, 0.25) is 0 Å². The largest absolute Gasteiger partial charge is 0.376 e. The Balaban J connectivity index is 1.85. The third-order valence-corrected chi connectivity index (χ3v) is 4.40. The molecule has 0 bridgehead atoms. The number of hydrogen-bond acceptors (Lipinski definition) is 3. The third-order valence-electron chi connectivity index (χ3n) is 2.82. The van der Waals surface area contributed by atoms with Crippen LogP contribution < -0.4 is 0 Å².